The van der Waals surface area contributed by atoms with Gasteiger partial charge in [0, 0.05) is 13.2 Å². The van der Waals surface area contributed by atoms with Crippen LogP contribution in [0.3, 0.4) is 0 Å². The molecule has 1 unspecified atom stereocenters. The van der Waals surface area contributed by atoms with Gasteiger partial charge in [-0.2, -0.15) is 8.42 Å². The molecule has 1 aliphatic heterocycles. The molecular formula is C14H19NO5S. The third kappa shape index (κ3) is 4.03. The van der Waals surface area contributed by atoms with Crippen molar-refractivity contribution in [3.05, 3.63) is 29.8 Å². The molecule has 116 valence electrons. The van der Waals surface area contributed by atoms with Crippen LogP contribution in [0.25, 0.3) is 0 Å². The van der Waals surface area contributed by atoms with Crippen molar-refractivity contribution in [3.8, 4) is 0 Å². The molecule has 0 bridgehead atoms. The van der Waals surface area contributed by atoms with Gasteiger partial charge in [0.15, 0.2) is 0 Å². The Kier molecular flexibility index (Phi) is 4.97. The molecule has 0 saturated carbocycles. The fourth-order valence-corrected chi connectivity index (χ4v) is 3.08. The second kappa shape index (κ2) is 6.55. The van der Waals surface area contributed by atoms with Crippen LogP contribution in [0, 0.1) is 12.8 Å². The molecule has 2 rings (SSSR count). The summed E-state index contributed by atoms with van der Waals surface area (Å²) < 4.78 is 33.9. The first kappa shape index (κ1) is 15.9. The topological polar surface area (TPSA) is 95.7 Å². The number of rotatable bonds is 4. The maximum Gasteiger partial charge on any atom is 0.341 e. The van der Waals surface area contributed by atoms with Crippen LogP contribution >= 0.6 is 0 Å². The van der Waals surface area contributed by atoms with Crippen molar-refractivity contribution in [2.24, 2.45) is 11.7 Å². The summed E-state index contributed by atoms with van der Waals surface area (Å²) in [5.41, 5.74) is 6.72. The van der Waals surface area contributed by atoms with E-state index in [1.54, 1.807) is 12.1 Å². The van der Waals surface area contributed by atoms with Crippen molar-refractivity contribution in [2.45, 2.75) is 30.7 Å². The number of nitrogens with two attached hydrogens (primary N) is 1. The quantitative estimate of drug-likeness (QED) is 0.833. The molecular weight excluding hydrogens is 294 g/mol. The van der Waals surface area contributed by atoms with Crippen LogP contribution in [-0.2, 0) is 23.8 Å². The number of benzene rings is 1. The average Bonchev–Trinajstić information content (AvgIpc) is 2.47. The number of hydrogen-bond acceptors (Lipinski definition) is 6. The van der Waals surface area contributed by atoms with Gasteiger partial charge in [-0.1, -0.05) is 17.7 Å². The van der Waals surface area contributed by atoms with E-state index in [9.17, 15) is 13.2 Å². The molecule has 21 heavy (non-hydrogen) atoms. The molecule has 7 heteroatoms. The first-order chi connectivity index (χ1) is 9.90. The smallest absolute Gasteiger partial charge is 0.341 e. The third-order valence-electron chi connectivity index (χ3n) is 3.55. The van der Waals surface area contributed by atoms with E-state index in [0.717, 1.165) is 5.56 Å². The van der Waals surface area contributed by atoms with Gasteiger partial charge in [0.1, 0.15) is 10.9 Å². The molecule has 1 heterocycles. The van der Waals surface area contributed by atoms with Gasteiger partial charge >= 0.3 is 16.1 Å². The standard InChI is InChI=1S/C14H19NO5S/c1-10-2-4-12(5-3-10)21(17,18)20-14(16)13(15)11-6-8-19-9-7-11/h2-5,11,13H,6-9,15H2,1H3. The lowest BCUT2D eigenvalue weighted by molar-refractivity contribution is -0.137. The summed E-state index contributed by atoms with van der Waals surface area (Å²) in [5, 5.41) is 0. The largest absolute Gasteiger partial charge is 0.381 e. The molecule has 0 spiro atoms. The number of carbonyl (C=O) groups excluding carboxylic acids is 1. The Labute approximate surface area is 124 Å². The lowest BCUT2D eigenvalue weighted by atomic mass is 9.92. The van der Waals surface area contributed by atoms with E-state index in [-0.39, 0.29) is 10.8 Å². The van der Waals surface area contributed by atoms with Gasteiger partial charge < -0.3 is 14.7 Å². The van der Waals surface area contributed by atoms with E-state index >= 15 is 0 Å². The van der Waals surface area contributed by atoms with Gasteiger partial charge in [0.05, 0.1) is 0 Å². The predicted octanol–water partition coefficient (Wildman–Crippen LogP) is 0.981. The predicted molar refractivity (Wildman–Crippen MR) is 76.0 cm³/mol. The van der Waals surface area contributed by atoms with E-state index in [0.29, 0.717) is 26.1 Å². The summed E-state index contributed by atoms with van der Waals surface area (Å²) in [4.78, 5) is 11.9. The first-order valence-electron chi connectivity index (χ1n) is 6.78. The third-order valence-corrected chi connectivity index (χ3v) is 4.78. The number of aryl methyl sites for hydroxylation is 1. The van der Waals surface area contributed by atoms with Crippen LogP contribution in [0.2, 0.25) is 0 Å². The Balaban J connectivity index is 2.05. The minimum atomic E-state index is -4.12. The number of carbonyl (C=O) groups is 1. The fourth-order valence-electron chi connectivity index (χ4n) is 2.18. The van der Waals surface area contributed by atoms with E-state index < -0.39 is 22.1 Å². The molecule has 0 radical (unpaired) electrons. The van der Waals surface area contributed by atoms with Crippen LogP contribution < -0.4 is 5.73 Å². The lowest BCUT2D eigenvalue weighted by Crippen LogP contribution is -2.42. The molecule has 1 aromatic rings. The van der Waals surface area contributed by atoms with Crippen molar-refractivity contribution in [2.75, 3.05) is 13.2 Å². The highest BCUT2D eigenvalue weighted by Crippen LogP contribution is 2.20. The fraction of sp³-hybridized carbons (Fsp3) is 0.500. The van der Waals surface area contributed by atoms with Crippen molar-refractivity contribution >= 4 is 16.1 Å². The van der Waals surface area contributed by atoms with Crippen molar-refractivity contribution in [1.29, 1.82) is 0 Å². The van der Waals surface area contributed by atoms with Gasteiger partial charge in [-0.15, -0.1) is 0 Å². The second-order valence-corrected chi connectivity index (χ2v) is 6.69. The normalized spacial score (nSPS) is 18.2. The van der Waals surface area contributed by atoms with E-state index in [4.69, 9.17) is 10.5 Å². The molecule has 2 N–H and O–H groups in total. The summed E-state index contributed by atoms with van der Waals surface area (Å²) in [6.45, 7) is 2.89. The van der Waals surface area contributed by atoms with Crippen LogP contribution in [0.1, 0.15) is 18.4 Å². The monoisotopic (exact) mass is 313 g/mol. The Hall–Kier alpha value is -1.44. The van der Waals surface area contributed by atoms with Crippen molar-refractivity contribution in [1.82, 2.24) is 0 Å². The maximum atomic E-state index is 12.0. The molecule has 1 aromatic carbocycles. The number of hydrogen-bond donors (Lipinski definition) is 1. The van der Waals surface area contributed by atoms with Crippen LogP contribution in [-0.4, -0.2) is 33.6 Å². The molecule has 6 nitrogen and oxygen atoms in total. The molecule has 1 aliphatic rings. The lowest BCUT2D eigenvalue weighted by Gasteiger charge is -2.25. The van der Waals surface area contributed by atoms with Gasteiger partial charge in [0.25, 0.3) is 0 Å². The summed E-state index contributed by atoms with van der Waals surface area (Å²) in [6.07, 6.45) is 1.25. The highest BCUT2D eigenvalue weighted by molar-refractivity contribution is 7.87. The highest BCUT2D eigenvalue weighted by atomic mass is 32.2. The minimum absolute atomic E-state index is 0.0550. The zero-order valence-corrected chi connectivity index (χ0v) is 12.6. The van der Waals surface area contributed by atoms with Gasteiger partial charge in [-0.05, 0) is 37.8 Å². The molecule has 1 atom stereocenters. The van der Waals surface area contributed by atoms with Crippen LogP contribution in [0.4, 0.5) is 0 Å². The zero-order chi connectivity index (χ0) is 15.5. The summed E-state index contributed by atoms with van der Waals surface area (Å²) in [7, 11) is -4.12. The number of ether oxygens (including phenoxy) is 1. The average molecular weight is 313 g/mol. The van der Waals surface area contributed by atoms with E-state index in [1.807, 2.05) is 6.92 Å². The molecule has 0 aromatic heterocycles. The molecule has 1 saturated heterocycles. The van der Waals surface area contributed by atoms with Gasteiger partial charge in [-0.25, -0.2) is 4.79 Å². The second-order valence-electron chi connectivity index (χ2n) is 5.15. The summed E-state index contributed by atoms with van der Waals surface area (Å²) in [6, 6.07) is 5.13. The molecule has 0 amide bonds. The van der Waals surface area contributed by atoms with Crippen LogP contribution in [0.15, 0.2) is 29.2 Å². The Morgan fingerprint density at radius 2 is 1.86 bits per heavy atom. The Bertz CT molecular complexity index is 590. The zero-order valence-electron chi connectivity index (χ0n) is 11.8. The van der Waals surface area contributed by atoms with E-state index in [2.05, 4.69) is 4.18 Å². The molecule has 0 aliphatic carbocycles. The van der Waals surface area contributed by atoms with Gasteiger partial charge in [0.2, 0.25) is 0 Å². The van der Waals surface area contributed by atoms with Crippen molar-refractivity contribution < 1.29 is 22.1 Å². The Morgan fingerprint density at radius 1 is 1.29 bits per heavy atom. The minimum Gasteiger partial charge on any atom is -0.381 e. The summed E-state index contributed by atoms with van der Waals surface area (Å²) in [5.74, 6) is -1.03. The van der Waals surface area contributed by atoms with E-state index in [1.165, 1.54) is 12.1 Å². The van der Waals surface area contributed by atoms with Crippen molar-refractivity contribution in [3.63, 3.8) is 0 Å². The highest BCUT2D eigenvalue weighted by Gasteiger charge is 2.31. The SMILES string of the molecule is Cc1ccc(S(=O)(=O)OC(=O)C(N)C2CCOCC2)cc1. The molecule has 1 fully saturated rings. The maximum absolute atomic E-state index is 12.0. The Morgan fingerprint density at radius 3 is 2.43 bits per heavy atom. The van der Waals surface area contributed by atoms with Gasteiger partial charge in [-0.3, -0.25) is 0 Å². The first-order valence-corrected chi connectivity index (χ1v) is 8.19. The summed E-state index contributed by atoms with van der Waals surface area (Å²) >= 11 is 0. The van der Waals surface area contributed by atoms with Crippen LogP contribution in [0.5, 0.6) is 0 Å².